The van der Waals surface area contributed by atoms with Gasteiger partial charge in [0.1, 0.15) is 0 Å². The van der Waals surface area contributed by atoms with Gasteiger partial charge < -0.3 is 4.74 Å². The van der Waals surface area contributed by atoms with E-state index < -0.39 is 15.6 Å². The SMILES string of the molecule is COC1(CS(N)(=O)=O)CCCCC1. The van der Waals surface area contributed by atoms with Crippen LogP contribution in [0.2, 0.25) is 0 Å². The minimum absolute atomic E-state index is 0.0451. The third kappa shape index (κ3) is 3.25. The average molecular weight is 207 g/mol. The molecule has 1 aliphatic rings. The van der Waals surface area contributed by atoms with Crippen molar-refractivity contribution in [3.63, 3.8) is 0 Å². The van der Waals surface area contributed by atoms with E-state index in [0.29, 0.717) is 0 Å². The maximum atomic E-state index is 11.0. The lowest BCUT2D eigenvalue weighted by molar-refractivity contribution is -0.0202. The predicted molar refractivity (Wildman–Crippen MR) is 50.8 cm³/mol. The van der Waals surface area contributed by atoms with Crippen molar-refractivity contribution in [1.29, 1.82) is 0 Å². The molecule has 0 amide bonds. The highest BCUT2D eigenvalue weighted by molar-refractivity contribution is 7.89. The van der Waals surface area contributed by atoms with E-state index in [2.05, 4.69) is 0 Å². The van der Waals surface area contributed by atoms with Gasteiger partial charge in [-0.2, -0.15) is 0 Å². The van der Waals surface area contributed by atoms with Gasteiger partial charge in [-0.15, -0.1) is 0 Å². The number of hydrogen-bond donors (Lipinski definition) is 1. The second-order valence-corrected chi connectivity index (χ2v) is 5.37. The summed E-state index contributed by atoms with van der Waals surface area (Å²) in [7, 11) is -1.85. The number of nitrogens with two attached hydrogens (primary N) is 1. The molecule has 0 bridgehead atoms. The Morgan fingerprint density at radius 3 is 2.23 bits per heavy atom. The molecule has 4 nitrogen and oxygen atoms in total. The minimum atomic E-state index is -3.42. The summed E-state index contributed by atoms with van der Waals surface area (Å²) in [6, 6.07) is 0. The molecule has 0 heterocycles. The zero-order chi connectivity index (χ0) is 9.95. The van der Waals surface area contributed by atoms with E-state index in [1.54, 1.807) is 7.11 Å². The van der Waals surface area contributed by atoms with Crippen molar-refractivity contribution < 1.29 is 13.2 Å². The number of methoxy groups -OCH3 is 1. The standard InChI is InChI=1S/C8H17NO3S/c1-12-8(7-13(9,10)11)5-3-2-4-6-8/h2-7H2,1H3,(H2,9,10,11). The summed E-state index contributed by atoms with van der Waals surface area (Å²) < 4.78 is 27.2. The lowest BCUT2D eigenvalue weighted by atomic mass is 9.86. The van der Waals surface area contributed by atoms with E-state index in [0.717, 1.165) is 32.1 Å². The molecule has 0 aliphatic heterocycles. The summed E-state index contributed by atoms with van der Waals surface area (Å²) >= 11 is 0. The van der Waals surface area contributed by atoms with Crippen LogP contribution < -0.4 is 5.14 Å². The molecule has 1 saturated carbocycles. The molecule has 1 fully saturated rings. The van der Waals surface area contributed by atoms with Crippen molar-refractivity contribution in [2.75, 3.05) is 12.9 Å². The first-order valence-electron chi connectivity index (χ1n) is 4.53. The van der Waals surface area contributed by atoms with Crippen molar-refractivity contribution in [1.82, 2.24) is 0 Å². The summed E-state index contributed by atoms with van der Waals surface area (Å²) in [5.41, 5.74) is -0.508. The highest BCUT2D eigenvalue weighted by atomic mass is 32.2. The molecule has 1 rings (SSSR count). The Hall–Kier alpha value is -0.130. The van der Waals surface area contributed by atoms with Gasteiger partial charge in [0.25, 0.3) is 0 Å². The molecule has 0 aromatic carbocycles. The molecule has 78 valence electrons. The minimum Gasteiger partial charge on any atom is -0.377 e. The van der Waals surface area contributed by atoms with Crippen molar-refractivity contribution in [3.8, 4) is 0 Å². The van der Waals surface area contributed by atoms with E-state index in [-0.39, 0.29) is 5.75 Å². The molecule has 0 radical (unpaired) electrons. The lowest BCUT2D eigenvalue weighted by Gasteiger charge is -2.34. The van der Waals surface area contributed by atoms with E-state index >= 15 is 0 Å². The van der Waals surface area contributed by atoms with Gasteiger partial charge in [0.2, 0.25) is 10.0 Å². The van der Waals surface area contributed by atoms with Gasteiger partial charge in [0, 0.05) is 7.11 Å². The smallest absolute Gasteiger partial charge is 0.211 e. The average Bonchev–Trinajstić information content (AvgIpc) is 2.03. The van der Waals surface area contributed by atoms with Crippen LogP contribution in [0.25, 0.3) is 0 Å². The van der Waals surface area contributed by atoms with Gasteiger partial charge in [-0.1, -0.05) is 19.3 Å². The molecule has 0 saturated heterocycles. The Kier molecular flexibility index (Phi) is 3.32. The van der Waals surface area contributed by atoms with Gasteiger partial charge in [-0.05, 0) is 12.8 Å². The van der Waals surface area contributed by atoms with Crippen LogP contribution in [-0.4, -0.2) is 26.9 Å². The van der Waals surface area contributed by atoms with Crippen LogP contribution in [0.4, 0.5) is 0 Å². The third-order valence-corrected chi connectivity index (χ3v) is 3.59. The summed E-state index contributed by atoms with van der Waals surface area (Å²) in [6.45, 7) is 0. The van der Waals surface area contributed by atoms with Crippen molar-refractivity contribution in [3.05, 3.63) is 0 Å². The molecular formula is C8H17NO3S. The van der Waals surface area contributed by atoms with E-state index in [9.17, 15) is 8.42 Å². The molecular weight excluding hydrogens is 190 g/mol. The van der Waals surface area contributed by atoms with Crippen LogP contribution in [0.15, 0.2) is 0 Å². The molecule has 1 aliphatic carbocycles. The number of rotatable bonds is 3. The number of sulfonamides is 1. The van der Waals surface area contributed by atoms with Crippen LogP contribution in [0.1, 0.15) is 32.1 Å². The Bertz CT molecular complexity index is 255. The molecule has 0 atom stereocenters. The molecule has 13 heavy (non-hydrogen) atoms. The van der Waals surface area contributed by atoms with Gasteiger partial charge in [0.05, 0.1) is 11.4 Å². The molecule has 0 aromatic rings. The van der Waals surface area contributed by atoms with Crippen LogP contribution in [0, 0.1) is 0 Å². The zero-order valence-electron chi connectivity index (χ0n) is 7.95. The van der Waals surface area contributed by atoms with Gasteiger partial charge >= 0.3 is 0 Å². The third-order valence-electron chi connectivity index (χ3n) is 2.66. The van der Waals surface area contributed by atoms with Crippen LogP contribution in [0.3, 0.4) is 0 Å². The Balaban J connectivity index is 2.68. The fourth-order valence-corrected chi connectivity index (χ4v) is 3.11. The molecule has 0 unspecified atom stereocenters. The van der Waals surface area contributed by atoms with Crippen molar-refractivity contribution in [2.24, 2.45) is 5.14 Å². The largest absolute Gasteiger partial charge is 0.377 e. The molecule has 0 spiro atoms. The number of hydrogen-bond acceptors (Lipinski definition) is 3. The van der Waals surface area contributed by atoms with Crippen LogP contribution in [-0.2, 0) is 14.8 Å². The number of primary sulfonamides is 1. The van der Waals surface area contributed by atoms with Crippen LogP contribution >= 0.6 is 0 Å². The number of ether oxygens (including phenoxy) is 1. The lowest BCUT2D eigenvalue weighted by Crippen LogP contribution is -2.43. The second kappa shape index (κ2) is 3.94. The monoisotopic (exact) mass is 207 g/mol. The summed E-state index contributed by atoms with van der Waals surface area (Å²) in [5, 5.41) is 5.02. The second-order valence-electron chi connectivity index (χ2n) is 3.75. The van der Waals surface area contributed by atoms with Gasteiger partial charge in [0.15, 0.2) is 0 Å². The highest BCUT2D eigenvalue weighted by Gasteiger charge is 2.35. The quantitative estimate of drug-likeness (QED) is 0.737. The van der Waals surface area contributed by atoms with Crippen molar-refractivity contribution in [2.45, 2.75) is 37.7 Å². The maximum absolute atomic E-state index is 11.0. The predicted octanol–water partition coefficient (Wildman–Crippen LogP) is 0.624. The highest BCUT2D eigenvalue weighted by Crippen LogP contribution is 2.31. The van der Waals surface area contributed by atoms with E-state index in [1.807, 2.05) is 0 Å². The van der Waals surface area contributed by atoms with E-state index in [1.165, 1.54) is 0 Å². The Morgan fingerprint density at radius 2 is 1.85 bits per heavy atom. The first-order valence-corrected chi connectivity index (χ1v) is 6.25. The van der Waals surface area contributed by atoms with Gasteiger partial charge in [-0.3, -0.25) is 0 Å². The zero-order valence-corrected chi connectivity index (χ0v) is 8.77. The molecule has 2 N–H and O–H groups in total. The molecule has 0 aromatic heterocycles. The Morgan fingerprint density at radius 1 is 1.31 bits per heavy atom. The Labute approximate surface area is 79.5 Å². The van der Waals surface area contributed by atoms with E-state index in [4.69, 9.17) is 9.88 Å². The first-order chi connectivity index (χ1) is 5.97. The fourth-order valence-electron chi connectivity index (χ4n) is 1.97. The maximum Gasteiger partial charge on any atom is 0.211 e. The van der Waals surface area contributed by atoms with Crippen molar-refractivity contribution >= 4 is 10.0 Å². The summed E-state index contributed by atoms with van der Waals surface area (Å²) in [4.78, 5) is 0. The normalized spacial score (nSPS) is 22.9. The van der Waals surface area contributed by atoms with Crippen LogP contribution in [0.5, 0.6) is 0 Å². The summed E-state index contributed by atoms with van der Waals surface area (Å²) in [5.74, 6) is -0.0451. The van der Waals surface area contributed by atoms with Gasteiger partial charge in [-0.25, -0.2) is 13.6 Å². The first kappa shape index (κ1) is 10.9. The summed E-state index contributed by atoms with van der Waals surface area (Å²) in [6.07, 6.45) is 4.84. The topological polar surface area (TPSA) is 69.4 Å². The molecule has 5 heteroatoms. The fraction of sp³-hybridized carbons (Fsp3) is 1.00.